The van der Waals surface area contributed by atoms with Gasteiger partial charge < -0.3 is 10.4 Å². The van der Waals surface area contributed by atoms with Crippen molar-refractivity contribution in [1.29, 1.82) is 0 Å². The number of aliphatic hydroxyl groups excluding tert-OH is 1. The van der Waals surface area contributed by atoms with Crippen LogP contribution in [-0.4, -0.2) is 12.2 Å². The molecule has 0 aromatic heterocycles. The van der Waals surface area contributed by atoms with Crippen LogP contribution < -0.4 is 5.32 Å². The van der Waals surface area contributed by atoms with Crippen molar-refractivity contribution in [3.63, 3.8) is 0 Å². The van der Waals surface area contributed by atoms with Gasteiger partial charge in [0.05, 0.1) is 0 Å². The Morgan fingerprint density at radius 1 is 0.812 bits per heavy atom. The van der Waals surface area contributed by atoms with Gasteiger partial charge in [0.2, 0.25) is 0 Å². The van der Waals surface area contributed by atoms with Gasteiger partial charge in [-0.2, -0.15) is 0 Å². The van der Waals surface area contributed by atoms with Crippen molar-refractivity contribution < 1.29 is 5.11 Å². The SMILES string of the molecule is CO.c1ccc2c(c1)Cc1ccccc1N2. The third-order valence-corrected chi connectivity index (χ3v) is 2.68. The lowest BCUT2D eigenvalue weighted by atomic mass is 9.98. The van der Waals surface area contributed by atoms with Gasteiger partial charge in [0.15, 0.2) is 0 Å². The number of rotatable bonds is 0. The molecule has 0 bridgehead atoms. The largest absolute Gasteiger partial charge is 0.400 e. The molecule has 2 aromatic rings. The number of para-hydroxylation sites is 2. The molecule has 3 rings (SSSR count). The van der Waals surface area contributed by atoms with E-state index in [1.807, 2.05) is 0 Å². The maximum atomic E-state index is 7.00. The molecule has 2 heteroatoms. The van der Waals surface area contributed by atoms with Crippen LogP contribution in [0.3, 0.4) is 0 Å². The zero-order chi connectivity index (χ0) is 11.4. The van der Waals surface area contributed by atoms with Crippen LogP contribution >= 0.6 is 0 Å². The van der Waals surface area contributed by atoms with Gasteiger partial charge in [-0.05, 0) is 23.3 Å². The smallest absolute Gasteiger partial charge is 0.0420 e. The molecular formula is C14H15NO. The molecule has 0 saturated heterocycles. The first kappa shape index (κ1) is 10.7. The molecule has 0 saturated carbocycles. The molecule has 2 aromatic carbocycles. The van der Waals surface area contributed by atoms with Crippen LogP contribution in [0.2, 0.25) is 0 Å². The molecule has 82 valence electrons. The van der Waals surface area contributed by atoms with Crippen LogP contribution in [0.5, 0.6) is 0 Å². The minimum Gasteiger partial charge on any atom is -0.400 e. The molecule has 0 fully saturated rings. The fourth-order valence-electron chi connectivity index (χ4n) is 1.94. The van der Waals surface area contributed by atoms with E-state index in [0.29, 0.717) is 0 Å². The maximum Gasteiger partial charge on any atom is 0.0420 e. The number of nitrogens with one attached hydrogen (secondary N) is 1. The molecule has 2 nitrogen and oxygen atoms in total. The molecule has 2 N–H and O–H groups in total. The van der Waals surface area contributed by atoms with E-state index in [1.54, 1.807) is 0 Å². The summed E-state index contributed by atoms with van der Waals surface area (Å²) >= 11 is 0. The van der Waals surface area contributed by atoms with Crippen molar-refractivity contribution in [2.24, 2.45) is 0 Å². The predicted octanol–water partition coefficient (Wildman–Crippen LogP) is 2.94. The van der Waals surface area contributed by atoms with Crippen LogP contribution in [0.1, 0.15) is 11.1 Å². The molecule has 1 aliphatic rings. The standard InChI is InChI=1S/C13H11N.CH4O/c1-3-7-12-10(5-1)9-11-6-2-4-8-13(11)14-12;1-2/h1-8,14H,9H2;2H,1H3. The van der Waals surface area contributed by atoms with Gasteiger partial charge in [0.1, 0.15) is 0 Å². The Labute approximate surface area is 95.6 Å². The summed E-state index contributed by atoms with van der Waals surface area (Å²) in [5, 5.41) is 10.4. The number of fused-ring (bicyclic) bond motifs is 2. The van der Waals surface area contributed by atoms with E-state index in [1.165, 1.54) is 22.5 Å². The normalized spacial score (nSPS) is 11.4. The summed E-state index contributed by atoms with van der Waals surface area (Å²) in [5.41, 5.74) is 5.25. The van der Waals surface area contributed by atoms with Gasteiger partial charge >= 0.3 is 0 Å². The van der Waals surface area contributed by atoms with Gasteiger partial charge in [-0.15, -0.1) is 0 Å². The summed E-state index contributed by atoms with van der Waals surface area (Å²) < 4.78 is 0. The van der Waals surface area contributed by atoms with E-state index in [2.05, 4.69) is 53.8 Å². The number of hydrogen-bond acceptors (Lipinski definition) is 2. The highest BCUT2D eigenvalue weighted by Gasteiger charge is 2.12. The Bertz CT molecular complexity index is 392. The van der Waals surface area contributed by atoms with Crippen molar-refractivity contribution in [3.8, 4) is 0 Å². The topological polar surface area (TPSA) is 32.3 Å². The Hall–Kier alpha value is -1.80. The molecule has 0 radical (unpaired) electrons. The zero-order valence-corrected chi connectivity index (χ0v) is 9.27. The molecule has 1 heterocycles. The molecule has 0 spiro atoms. The predicted molar refractivity (Wildman–Crippen MR) is 67.1 cm³/mol. The van der Waals surface area contributed by atoms with Crippen LogP contribution in [0.4, 0.5) is 11.4 Å². The van der Waals surface area contributed by atoms with Crippen LogP contribution in [-0.2, 0) is 6.42 Å². The summed E-state index contributed by atoms with van der Waals surface area (Å²) in [7, 11) is 1.00. The van der Waals surface area contributed by atoms with Crippen molar-refractivity contribution in [3.05, 3.63) is 59.7 Å². The third-order valence-electron chi connectivity index (χ3n) is 2.68. The number of benzene rings is 2. The van der Waals surface area contributed by atoms with Gasteiger partial charge in [0.25, 0.3) is 0 Å². The highest BCUT2D eigenvalue weighted by atomic mass is 16.2. The number of aliphatic hydroxyl groups is 1. The minimum absolute atomic E-state index is 1.00. The number of hydrogen-bond donors (Lipinski definition) is 2. The molecule has 16 heavy (non-hydrogen) atoms. The van der Waals surface area contributed by atoms with Gasteiger partial charge in [0, 0.05) is 24.9 Å². The first-order chi connectivity index (χ1) is 7.93. The van der Waals surface area contributed by atoms with E-state index in [9.17, 15) is 0 Å². The molecule has 0 atom stereocenters. The molecule has 1 aliphatic heterocycles. The zero-order valence-electron chi connectivity index (χ0n) is 9.27. The first-order valence-electron chi connectivity index (χ1n) is 5.31. The highest BCUT2D eigenvalue weighted by Crippen LogP contribution is 2.31. The monoisotopic (exact) mass is 213 g/mol. The molecule has 0 aliphatic carbocycles. The first-order valence-corrected chi connectivity index (χ1v) is 5.31. The van der Waals surface area contributed by atoms with Crippen LogP contribution in [0.25, 0.3) is 0 Å². The van der Waals surface area contributed by atoms with Gasteiger partial charge in [-0.1, -0.05) is 36.4 Å². The summed E-state index contributed by atoms with van der Waals surface area (Å²) in [5.74, 6) is 0. The van der Waals surface area contributed by atoms with Crippen LogP contribution in [0.15, 0.2) is 48.5 Å². The van der Waals surface area contributed by atoms with E-state index in [4.69, 9.17) is 5.11 Å². The lowest BCUT2D eigenvalue weighted by Crippen LogP contribution is -2.05. The minimum atomic E-state index is 1.00. The Kier molecular flexibility index (Phi) is 3.22. The van der Waals surface area contributed by atoms with Crippen molar-refractivity contribution in [1.82, 2.24) is 0 Å². The van der Waals surface area contributed by atoms with E-state index >= 15 is 0 Å². The second-order valence-electron chi connectivity index (χ2n) is 3.62. The second-order valence-corrected chi connectivity index (χ2v) is 3.62. The lowest BCUT2D eigenvalue weighted by molar-refractivity contribution is 0.399. The average molecular weight is 213 g/mol. The Balaban J connectivity index is 0.000000457. The maximum absolute atomic E-state index is 7.00. The summed E-state index contributed by atoms with van der Waals surface area (Å²) in [6, 6.07) is 16.9. The Morgan fingerprint density at radius 3 is 1.75 bits per heavy atom. The second kappa shape index (κ2) is 4.81. The lowest BCUT2D eigenvalue weighted by Gasteiger charge is -2.20. The fourth-order valence-corrected chi connectivity index (χ4v) is 1.94. The van der Waals surface area contributed by atoms with Crippen LogP contribution in [0, 0.1) is 0 Å². The summed E-state index contributed by atoms with van der Waals surface area (Å²) in [4.78, 5) is 0. The summed E-state index contributed by atoms with van der Waals surface area (Å²) in [6.07, 6.45) is 1.04. The molecule has 0 unspecified atom stereocenters. The molecular weight excluding hydrogens is 198 g/mol. The van der Waals surface area contributed by atoms with Crippen molar-refractivity contribution in [2.75, 3.05) is 12.4 Å². The van der Waals surface area contributed by atoms with E-state index in [-0.39, 0.29) is 0 Å². The molecule has 0 amide bonds. The average Bonchev–Trinajstić information content (AvgIpc) is 2.38. The highest BCUT2D eigenvalue weighted by molar-refractivity contribution is 5.71. The summed E-state index contributed by atoms with van der Waals surface area (Å²) in [6.45, 7) is 0. The van der Waals surface area contributed by atoms with Gasteiger partial charge in [-0.25, -0.2) is 0 Å². The van der Waals surface area contributed by atoms with E-state index in [0.717, 1.165) is 13.5 Å². The van der Waals surface area contributed by atoms with E-state index < -0.39 is 0 Å². The fraction of sp³-hybridized carbons (Fsp3) is 0.143. The quantitative estimate of drug-likeness (QED) is 0.601. The van der Waals surface area contributed by atoms with Crippen molar-refractivity contribution in [2.45, 2.75) is 6.42 Å². The van der Waals surface area contributed by atoms with Gasteiger partial charge in [-0.3, -0.25) is 0 Å². The Morgan fingerprint density at radius 2 is 1.25 bits per heavy atom. The van der Waals surface area contributed by atoms with Crippen molar-refractivity contribution >= 4 is 11.4 Å². The number of anilines is 2. The third kappa shape index (κ3) is 1.92.